The number of carboxylic acids is 1. The maximum atomic E-state index is 12.4. The van der Waals surface area contributed by atoms with Crippen LogP contribution in [0.3, 0.4) is 0 Å². The predicted octanol–water partition coefficient (Wildman–Crippen LogP) is 4.50. The van der Waals surface area contributed by atoms with Gasteiger partial charge in [-0.2, -0.15) is 13.2 Å². The van der Waals surface area contributed by atoms with Gasteiger partial charge in [-0.05, 0) is 87.9 Å². The zero-order valence-electron chi connectivity index (χ0n) is 19.0. The van der Waals surface area contributed by atoms with E-state index in [9.17, 15) is 18.0 Å². The number of hydrogen-bond acceptors (Lipinski definition) is 4. The molecule has 6 nitrogen and oxygen atoms in total. The van der Waals surface area contributed by atoms with Crippen molar-refractivity contribution >= 4 is 11.9 Å². The fraction of sp³-hybridized carbons (Fsp3) is 0.708. The van der Waals surface area contributed by atoms with Gasteiger partial charge < -0.3 is 10.0 Å². The van der Waals surface area contributed by atoms with Crippen molar-refractivity contribution in [2.45, 2.75) is 70.5 Å². The molecule has 9 heteroatoms. The molecule has 1 amide bonds. The molecule has 1 aromatic heterocycles. The number of likely N-dealkylation sites (tertiary alicyclic amines) is 2. The lowest BCUT2D eigenvalue weighted by Gasteiger charge is -2.46. The van der Waals surface area contributed by atoms with E-state index in [2.05, 4.69) is 26.9 Å². The number of piperidine rings is 1. The Morgan fingerprint density at radius 1 is 1.03 bits per heavy atom. The number of halogens is 3. The highest BCUT2D eigenvalue weighted by atomic mass is 19.4. The SMILES string of the molecule is O=C(CC1CCC2(CC1)CCN(Cc1ccccn1)CC2)N1CCCC1.O=C(O)C(F)(F)F. The quantitative estimate of drug-likeness (QED) is 0.703. The van der Waals surface area contributed by atoms with E-state index < -0.39 is 12.1 Å². The van der Waals surface area contributed by atoms with Crippen LogP contribution in [0.4, 0.5) is 13.2 Å². The van der Waals surface area contributed by atoms with Crippen molar-refractivity contribution in [1.82, 2.24) is 14.8 Å². The first-order valence-corrected chi connectivity index (χ1v) is 11.9. The summed E-state index contributed by atoms with van der Waals surface area (Å²) in [5.74, 6) is -1.69. The van der Waals surface area contributed by atoms with E-state index in [1.807, 2.05) is 12.3 Å². The molecule has 1 saturated carbocycles. The van der Waals surface area contributed by atoms with Crippen molar-refractivity contribution in [2.75, 3.05) is 26.2 Å². The normalized spacial score (nSPS) is 21.5. The minimum Gasteiger partial charge on any atom is -0.475 e. The zero-order chi connectivity index (χ0) is 23.9. The number of carbonyl (C=O) groups excluding carboxylic acids is 1. The minimum absolute atomic E-state index is 0.425. The van der Waals surface area contributed by atoms with E-state index in [0.717, 1.165) is 26.1 Å². The summed E-state index contributed by atoms with van der Waals surface area (Å²) < 4.78 is 31.7. The topological polar surface area (TPSA) is 73.7 Å². The number of aromatic nitrogens is 1. The van der Waals surface area contributed by atoms with E-state index in [1.54, 1.807) is 0 Å². The van der Waals surface area contributed by atoms with Crippen LogP contribution in [-0.4, -0.2) is 64.1 Å². The Bertz CT molecular complexity index is 764. The second-order valence-corrected chi connectivity index (χ2v) is 9.64. The highest BCUT2D eigenvalue weighted by molar-refractivity contribution is 5.76. The highest BCUT2D eigenvalue weighted by Crippen LogP contribution is 2.47. The number of hydrogen-bond donors (Lipinski definition) is 1. The Labute approximate surface area is 193 Å². The molecule has 3 aliphatic rings. The molecule has 1 spiro atoms. The van der Waals surface area contributed by atoms with Gasteiger partial charge >= 0.3 is 12.1 Å². The van der Waals surface area contributed by atoms with Crippen molar-refractivity contribution in [2.24, 2.45) is 11.3 Å². The Kier molecular flexibility index (Phi) is 8.73. The second-order valence-electron chi connectivity index (χ2n) is 9.64. The van der Waals surface area contributed by atoms with Crippen LogP contribution in [0.2, 0.25) is 0 Å². The van der Waals surface area contributed by atoms with Gasteiger partial charge in [0.15, 0.2) is 0 Å². The van der Waals surface area contributed by atoms with Gasteiger partial charge in [0.2, 0.25) is 5.91 Å². The molecule has 184 valence electrons. The average molecular weight is 470 g/mol. The molecule has 1 aliphatic carbocycles. The van der Waals surface area contributed by atoms with Gasteiger partial charge in [-0.1, -0.05) is 6.07 Å². The maximum Gasteiger partial charge on any atom is 0.490 e. The van der Waals surface area contributed by atoms with E-state index >= 15 is 0 Å². The molecular weight excluding hydrogens is 435 g/mol. The first kappa shape index (κ1) is 25.5. The number of carbonyl (C=O) groups is 2. The molecule has 0 aromatic carbocycles. The van der Waals surface area contributed by atoms with Crippen LogP contribution in [0.15, 0.2) is 24.4 Å². The summed E-state index contributed by atoms with van der Waals surface area (Å²) in [6, 6.07) is 6.20. The molecule has 33 heavy (non-hydrogen) atoms. The molecule has 0 bridgehead atoms. The van der Waals surface area contributed by atoms with E-state index in [4.69, 9.17) is 9.90 Å². The average Bonchev–Trinajstić information content (AvgIpc) is 3.33. The van der Waals surface area contributed by atoms with Crippen LogP contribution in [0.1, 0.15) is 63.5 Å². The molecule has 3 fully saturated rings. The third-order valence-electron chi connectivity index (χ3n) is 7.36. The number of rotatable bonds is 4. The second kappa shape index (κ2) is 11.3. The fourth-order valence-electron chi connectivity index (χ4n) is 5.24. The molecule has 2 aliphatic heterocycles. The standard InChI is InChI=1S/C22H33N3O.C2HF3O2/c26-21(25-13-3-4-14-25)17-19-6-8-22(9-7-19)10-15-24(16-11-22)18-20-5-1-2-12-23-20;3-2(4,5)1(6)7/h1-2,5,12,19H,3-4,6-11,13-18H2;(H,6,7). The van der Waals surface area contributed by atoms with Gasteiger partial charge in [0.05, 0.1) is 5.69 Å². The number of pyridine rings is 1. The number of carboxylic acid groups (broad SMARTS) is 1. The van der Waals surface area contributed by atoms with Crippen LogP contribution in [0, 0.1) is 11.3 Å². The van der Waals surface area contributed by atoms with Crippen LogP contribution >= 0.6 is 0 Å². The summed E-state index contributed by atoms with van der Waals surface area (Å²) in [6.07, 6.45) is 7.88. The van der Waals surface area contributed by atoms with Crippen molar-refractivity contribution in [1.29, 1.82) is 0 Å². The summed E-state index contributed by atoms with van der Waals surface area (Å²) in [5.41, 5.74) is 1.75. The van der Waals surface area contributed by atoms with E-state index in [-0.39, 0.29) is 0 Å². The van der Waals surface area contributed by atoms with Gasteiger partial charge in [0.1, 0.15) is 0 Å². The molecular formula is C24H34F3N3O3. The van der Waals surface area contributed by atoms with Gasteiger partial charge in [-0.25, -0.2) is 4.79 Å². The van der Waals surface area contributed by atoms with Crippen LogP contribution in [0.5, 0.6) is 0 Å². The van der Waals surface area contributed by atoms with Gasteiger partial charge in [-0.15, -0.1) is 0 Å². The predicted molar refractivity (Wildman–Crippen MR) is 117 cm³/mol. The summed E-state index contributed by atoms with van der Waals surface area (Å²) >= 11 is 0. The Morgan fingerprint density at radius 3 is 2.15 bits per heavy atom. The number of amides is 1. The van der Waals surface area contributed by atoms with Crippen molar-refractivity contribution in [3.63, 3.8) is 0 Å². The highest BCUT2D eigenvalue weighted by Gasteiger charge is 2.39. The van der Waals surface area contributed by atoms with Crippen LogP contribution in [-0.2, 0) is 16.1 Å². The van der Waals surface area contributed by atoms with Crippen molar-refractivity contribution in [3.8, 4) is 0 Å². The number of alkyl halides is 3. The monoisotopic (exact) mass is 469 g/mol. The Morgan fingerprint density at radius 2 is 1.64 bits per heavy atom. The van der Waals surface area contributed by atoms with E-state index in [1.165, 1.54) is 70.2 Å². The van der Waals surface area contributed by atoms with Crippen LogP contribution in [0.25, 0.3) is 0 Å². The van der Waals surface area contributed by atoms with Gasteiger partial charge in [0.25, 0.3) is 0 Å². The molecule has 1 aromatic rings. The number of aliphatic carboxylic acids is 1. The molecule has 0 unspecified atom stereocenters. The van der Waals surface area contributed by atoms with Gasteiger partial charge in [0, 0.05) is 32.3 Å². The lowest BCUT2D eigenvalue weighted by Crippen LogP contribution is -2.42. The summed E-state index contributed by atoms with van der Waals surface area (Å²) in [7, 11) is 0. The molecule has 0 radical (unpaired) electrons. The molecule has 3 heterocycles. The lowest BCUT2D eigenvalue weighted by molar-refractivity contribution is -0.192. The molecule has 0 atom stereocenters. The Hall–Kier alpha value is -2.16. The first-order chi connectivity index (χ1) is 15.7. The van der Waals surface area contributed by atoms with Crippen LogP contribution < -0.4 is 0 Å². The molecule has 2 saturated heterocycles. The maximum absolute atomic E-state index is 12.4. The fourth-order valence-corrected chi connectivity index (χ4v) is 5.24. The largest absolute Gasteiger partial charge is 0.490 e. The minimum atomic E-state index is -5.08. The smallest absolute Gasteiger partial charge is 0.475 e. The van der Waals surface area contributed by atoms with Gasteiger partial charge in [-0.3, -0.25) is 14.7 Å². The summed E-state index contributed by atoms with van der Waals surface area (Å²) in [5, 5.41) is 7.12. The molecule has 4 rings (SSSR count). The molecule has 1 N–H and O–H groups in total. The third-order valence-corrected chi connectivity index (χ3v) is 7.36. The number of nitrogens with zero attached hydrogens (tertiary/aromatic N) is 3. The Balaban J connectivity index is 0.000000383. The third kappa shape index (κ3) is 7.69. The van der Waals surface area contributed by atoms with Crippen molar-refractivity contribution in [3.05, 3.63) is 30.1 Å². The first-order valence-electron chi connectivity index (χ1n) is 11.9. The zero-order valence-corrected chi connectivity index (χ0v) is 19.0. The summed E-state index contributed by atoms with van der Waals surface area (Å²) in [6.45, 7) is 5.40. The van der Waals surface area contributed by atoms with E-state index in [0.29, 0.717) is 17.2 Å². The van der Waals surface area contributed by atoms with Crippen molar-refractivity contribution < 1.29 is 27.9 Å². The lowest BCUT2D eigenvalue weighted by atomic mass is 9.65. The summed E-state index contributed by atoms with van der Waals surface area (Å²) in [4.78, 5) is 30.4.